The van der Waals surface area contributed by atoms with E-state index in [2.05, 4.69) is 15.9 Å². The molecule has 2 rings (SSSR count). The van der Waals surface area contributed by atoms with E-state index in [-0.39, 0.29) is 4.47 Å². The Balaban J connectivity index is 2.33. The quantitative estimate of drug-likeness (QED) is 0.798. The van der Waals surface area contributed by atoms with Gasteiger partial charge in [-0.3, -0.25) is 0 Å². The highest BCUT2D eigenvalue weighted by atomic mass is 79.9. The Morgan fingerprint density at radius 1 is 1.24 bits per heavy atom. The summed E-state index contributed by atoms with van der Waals surface area (Å²) in [4.78, 5) is -0.978. The minimum atomic E-state index is -4.88. The number of hydrogen-bond donors (Lipinski definition) is 1. The summed E-state index contributed by atoms with van der Waals surface area (Å²) in [6.45, 7) is 0. The zero-order valence-electron chi connectivity index (χ0n) is 10.2. The summed E-state index contributed by atoms with van der Waals surface area (Å²) in [5.74, 6) is -2.97. The topological polar surface area (TPSA) is 46.2 Å². The molecule has 118 valence electrons. The van der Waals surface area contributed by atoms with E-state index in [0.29, 0.717) is 6.07 Å². The Morgan fingerprint density at radius 3 is 2.29 bits per heavy atom. The molecule has 0 bridgehead atoms. The van der Waals surface area contributed by atoms with Crippen LogP contribution in [0.2, 0.25) is 0 Å². The van der Waals surface area contributed by atoms with Gasteiger partial charge in [0.1, 0.15) is 0 Å². The van der Waals surface area contributed by atoms with Crippen molar-refractivity contribution in [1.82, 2.24) is 4.72 Å². The van der Waals surface area contributed by atoms with Crippen molar-refractivity contribution in [3.8, 4) is 0 Å². The van der Waals surface area contributed by atoms with Gasteiger partial charge in [0.25, 0.3) is 5.92 Å². The largest absolute Gasteiger partial charge is 0.417 e. The SMILES string of the molecule is O=S(=O)(NC1CC(F)(F)C1)c1ccc(Br)cc1C(F)(F)F. The van der Waals surface area contributed by atoms with Crippen LogP contribution in [0.15, 0.2) is 27.6 Å². The fourth-order valence-corrected chi connectivity index (χ4v) is 3.79. The molecular weight excluding hydrogens is 385 g/mol. The van der Waals surface area contributed by atoms with Crippen LogP contribution in [0.3, 0.4) is 0 Å². The van der Waals surface area contributed by atoms with Crippen LogP contribution in [0.1, 0.15) is 18.4 Å². The molecule has 0 spiro atoms. The molecule has 0 heterocycles. The molecule has 1 N–H and O–H groups in total. The van der Waals surface area contributed by atoms with Crippen molar-refractivity contribution in [2.24, 2.45) is 0 Å². The van der Waals surface area contributed by atoms with E-state index in [1.807, 2.05) is 4.72 Å². The molecule has 21 heavy (non-hydrogen) atoms. The van der Waals surface area contributed by atoms with Crippen molar-refractivity contribution in [2.45, 2.75) is 35.9 Å². The Kier molecular flexibility index (Phi) is 4.09. The summed E-state index contributed by atoms with van der Waals surface area (Å²) in [5.41, 5.74) is -1.35. The van der Waals surface area contributed by atoms with Gasteiger partial charge in [-0.2, -0.15) is 13.2 Å². The Morgan fingerprint density at radius 2 is 1.81 bits per heavy atom. The van der Waals surface area contributed by atoms with Crippen LogP contribution >= 0.6 is 15.9 Å². The van der Waals surface area contributed by atoms with Crippen LogP contribution in [0, 0.1) is 0 Å². The van der Waals surface area contributed by atoms with E-state index < -0.39 is 51.5 Å². The number of benzene rings is 1. The summed E-state index contributed by atoms with van der Waals surface area (Å²) in [6.07, 6.45) is -6.31. The third-order valence-corrected chi connectivity index (χ3v) is 5.02. The maximum absolute atomic E-state index is 12.9. The lowest BCUT2D eigenvalue weighted by molar-refractivity contribution is -0.140. The zero-order valence-corrected chi connectivity index (χ0v) is 12.6. The molecule has 0 aromatic heterocycles. The van der Waals surface area contributed by atoms with Crippen LogP contribution in [-0.2, 0) is 16.2 Å². The van der Waals surface area contributed by atoms with E-state index in [4.69, 9.17) is 0 Å². The Bertz CT molecular complexity index is 651. The maximum Gasteiger partial charge on any atom is 0.417 e. The number of hydrogen-bond acceptors (Lipinski definition) is 2. The second-order valence-corrected chi connectivity index (χ2v) is 7.32. The Hall–Kier alpha value is -0.740. The monoisotopic (exact) mass is 393 g/mol. The second-order valence-electron chi connectivity index (χ2n) is 4.72. The molecule has 0 amide bonds. The van der Waals surface area contributed by atoms with Gasteiger partial charge < -0.3 is 0 Å². The van der Waals surface area contributed by atoms with Gasteiger partial charge in [-0.15, -0.1) is 0 Å². The summed E-state index contributed by atoms with van der Waals surface area (Å²) in [6, 6.07) is 1.49. The molecule has 3 nitrogen and oxygen atoms in total. The molecule has 0 saturated heterocycles. The number of alkyl halides is 5. The highest BCUT2D eigenvalue weighted by Crippen LogP contribution is 2.39. The zero-order chi connectivity index (χ0) is 16.1. The first-order valence-corrected chi connectivity index (χ1v) is 7.95. The van der Waals surface area contributed by atoms with E-state index in [9.17, 15) is 30.4 Å². The van der Waals surface area contributed by atoms with Crippen molar-refractivity contribution in [3.63, 3.8) is 0 Å². The second kappa shape index (κ2) is 5.17. The third kappa shape index (κ3) is 3.72. The molecule has 0 atom stereocenters. The summed E-state index contributed by atoms with van der Waals surface area (Å²) < 4.78 is 89.8. The summed E-state index contributed by atoms with van der Waals surface area (Å²) >= 11 is 2.83. The predicted molar refractivity (Wildman–Crippen MR) is 67.4 cm³/mol. The normalized spacial score (nSPS) is 19.3. The fourth-order valence-electron chi connectivity index (χ4n) is 1.99. The molecule has 0 unspecified atom stereocenters. The summed E-state index contributed by atoms with van der Waals surface area (Å²) in [5, 5.41) is 0. The van der Waals surface area contributed by atoms with Crippen molar-refractivity contribution >= 4 is 26.0 Å². The summed E-state index contributed by atoms with van der Waals surface area (Å²) in [7, 11) is -4.53. The first-order valence-electron chi connectivity index (χ1n) is 5.68. The average Bonchev–Trinajstić information content (AvgIpc) is 2.24. The lowest BCUT2D eigenvalue weighted by Gasteiger charge is -2.35. The molecule has 1 aliphatic rings. The Labute approximate surface area is 125 Å². The lowest BCUT2D eigenvalue weighted by atomic mass is 9.89. The van der Waals surface area contributed by atoms with Crippen LogP contribution in [0.5, 0.6) is 0 Å². The lowest BCUT2D eigenvalue weighted by Crippen LogP contribution is -2.50. The molecule has 1 aliphatic carbocycles. The van der Waals surface area contributed by atoms with Crippen molar-refractivity contribution in [2.75, 3.05) is 0 Å². The third-order valence-electron chi connectivity index (χ3n) is 2.95. The standard InChI is InChI=1S/C11H9BrF5NO2S/c12-6-1-2-9(8(3-6)11(15,16)17)21(19,20)18-7-4-10(13,14)5-7/h1-3,7,18H,4-5H2. The average molecular weight is 394 g/mol. The van der Waals surface area contributed by atoms with Crippen LogP contribution in [0.4, 0.5) is 22.0 Å². The van der Waals surface area contributed by atoms with Crippen molar-refractivity contribution < 1.29 is 30.4 Å². The van der Waals surface area contributed by atoms with Crippen molar-refractivity contribution in [3.05, 3.63) is 28.2 Å². The number of rotatable bonds is 3. The van der Waals surface area contributed by atoms with Gasteiger partial charge in [-0.05, 0) is 18.2 Å². The molecule has 1 aromatic rings. The minimum Gasteiger partial charge on any atom is -0.208 e. The van der Waals surface area contributed by atoms with Crippen LogP contribution in [0.25, 0.3) is 0 Å². The molecule has 10 heteroatoms. The highest BCUT2D eigenvalue weighted by Gasteiger charge is 2.47. The first-order chi connectivity index (χ1) is 9.41. The smallest absolute Gasteiger partial charge is 0.208 e. The fraction of sp³-hybridized carbons (Fsp3) is 0.455. The van der Waals surface area contributed by atoms with E-state index in [1.165, 1.54) is 0 Å². The van der Waals surface area contributed by atoms with Gasteiger partial charge >= 0.3 is 6.18 Å². The maximum atomic E-state index is 12.9. The minimum absolute atomic E-state index is 0.0592. The van der Waals surface area contributed by atoms with Gasteiger partial charge in [0.15, 0.2) is 0 Å². The van der Waals surface area contributed by atoms with Gasteiger partial charge in [0.05, 0.1) is 10.5 Å². The molecule has 1 aromatic carbocycles. The van der Waals surface area contributed by atoms with Gasteiger partial charge in [-0.25, -0.2) is 21.9 Å². The van der Waals surface area contributed by atoms with E-state index in [0.717, 1.165) is 12.1 Å². The highest BCUT2D eigenvalue weighted by molar-refractivity contribution is 9.10. The van der Waals surface area contributed by atoms with Crippen LogP contribution in [-0.4, -0.2) is 20.4 Å². The first kappa shape index (κ1) is 16.6. The molecule has 0 radical (unpaired) electrons. The van der Waals surface area contributed by atoms with Gasteiger partial charge in [0.2, 0.25) is 10.0 Å². The number of sulfonamides is 1. The van der Waals surface area contributed by atoms with E-state index in [1.54, 1.807) is 0 Å². The van der Waals surface area contributed by atoms with Gasteiger partial charge in [-0.1, -0.05) is 15.9 Å². The molecule has 0 aliphatic heterocycles. The number of halogens is 6. The number of nitrogens with one attached hydrogen (secondary N) is 1. The molecule has 1 fully saturated rings. The molecular formula is C11H9BrF5NO2S. The molecule has 1 saturated carbocycles. The van der Waals surface area contributed by atoms with Crippen molar-refractivity contribution in [1.29, 1.82) is 0 Å². The predicted octanol–water partition coefficient (Wildman–Crippen LogP) is 3.54. The van der Waals surface area contributed by atoms with E-state index >= 15 is 0 Å². The van der Waals surface area contributed by atoms with Crippen LogP contribution < -0.4 is 4.72 Å². The van der Waals surface area contributed by atoms with Gasteiger partial charge in [0, 0.05) is 23.4 Å².